The van der Waals surface area contributed by atoms with E-state index in [0.717, 1.165) is 17.5 Å². The lowest BCUT2D eigenvalue weighted by molar-refractivity contribution is -0.131. The van der Waals surface area contributed by atoms with Gasteiger partial charge in [-0.25, -0.2) is 4.79 Å². The molecule has 0 spiro atoms. The van der Waals surface area contributed by atoms with Gasteiger partial charge in [0.05, 0.1) is 12.1 Å². The van der Waals surface area contributed by atoms with Crippen LogP contribution in [0.5, 0.6) is 0 Å². The number of carbonyl (C=O) groups is 2. The highest BCUT2D eigenvalue weighted by molar-refractivity contribution is 5.88. The van der Waals surface area contributed by atoms with E-state index >= 15 is 0 Å². The topological polar surface area (TPSA) is 69.6 Å². The Morgan fingerprint density at radius 2 is 2.00 bits per heavy atom. The summed E-state index contributed by atoms with van der Waals surface area (Å²) in [4.78, 5) is 25.0. The van der Waals surface area contributed by atoms with E-state index in [4.69, 9.17) is 5.11 Å². The predicted molar refractivity (Wildman–Crippen MR) is 80.3 cm³/mol. The predicted octanol–water partition coefficient (Wildman–Crippen LogP) is 1.66. The number of nitrogens with one attached hydrogen (secondary N) is 1. The van der Waals surface area contributed by atoms with E-state index in [1.54, 1.807) is 17.0 Å². The highest BCUT2D eigenvalue weighted by Gasteiger charge is 2.22. The van der Waals surface area contributed by atoms with Crippen molar-refractivity contribution in [3.05, 3.63) is 34.9 Å². The molecule has 2 rings (SSSR count). The van der Waals surface area contributed by atoms with Crippen molar-refractivity contribution in [3.8, 4) is 0 Å². The van der Waals surface area contributed by atoms with Gasteiger partial charge in [0, 0.05) is 18.6 Å². The molecule has 0 bridgehead atoms. The fourth-order valence-electron chi connectivity index (χ4n) is 2.36. The summed E-state index contributed by atoms with van der Waals surface area (Å²) in [6.45, 7) is 7.53. The zero-order valence-corrected chi connectivity index (χ0v) is 12.8. The number of aromatic carboxylic acids is 1. The molecule has 1 aliphatic heterocycles. The molecule has 5 heteroatoms. The van der Waals surface area contributed by atoms with Crippen LogP contribution in [0.3, 0.4) is 0 Å². The van der Waals surface area contributed by atoms with Crippen LogP contribution >= 0.6 is 0 Å². The lowest BCUT2D eigenvalue weighted by atomic mass is 9.97. The SMILES string of the molecule is CC(C)(C)NCC(=O)N1CCc2ccc(C(=O)O)cc2C1. The molecule has 5 nitrogen and oxygen atoms in total. The number of hydrogen-bond acceptors (Lipinski definition) is 3. The number of nitrogens with zero attached hydrogens (tertiary/aromatic N) is 1. The normalized spacial score (nSPS) is 14.7. The Bertz CT molecular complexity index is 561. The molecule has 1 aromatic rings. The van der Waals surface area contributed by atoms with Crippen LogP contribution in [0.2, 0.25) is 0 Å². The molecule has 0 aromatic heterocycles. The Morgan fingerprint density at radius 3 is 2.62 bits per heavy atom. The fraction of sp³-hybridized carbons (Fsp3) is 0.500. The second kappa shape index (κ2) is 5.85. The summed E-state index contributed by atoms with van der Waals surface area (Å²) in [6.07, 6.45) is 0.774. The van der Waals surface area contributed by atoms with Gasteiger partial charge in [0.2, 0.25) is 5.91 Å². The van der Waals surface area contributed by atoms with E-state index in [9.17, 15) is 9.59 Å². The maximum absolute atomic E-state index is 12.2. The number of benzene rings is 1. The summed E-state index contributed by atoms with van der Waals surface area (Å²) in [7, 11) is 0. The van der Waals surface area contributed by atoms with Crippen LogP contribution in [0.25, 0.3) is 0 Å². The standard InChI is InChI=1S/C16H22N2O3/c1-16(2,3)17-9-14(19)18-7-6-11-4-5-12(15(20)21)8-13(11)10-18/h4-5,8,17H,6-7,9-10H2,1-3H3,(H,20,21). The van der Waals surface area contributed by atoms with Gasteiger partial charge < -0.3 is 15.3 Å². The third kappa shape index (κ3) is 4.04. The maximum Gasteiger partial charge on any atom is 0.335 e. The first kappa shape index (κ1) is 15.5. The molecule has 2 N–H and O–H groups in total. The Hall–Kier alpha value is -1.88. The van der Waals surface area contributed by atoms with Crippen molar-refractivity contribution in [1.29, 1.82) is 0 Å². The van der Waals surface area contributed by atoms with Gasteiger partial charge in [0.15, 0.2) is 0 Å². The largest absolute Gasteiger partial charge is 0.478 e. The molecule has 0 fully saturated rings. The number of rotatable bonds is 3. The highest BCUT2D eigenvalue weighted by atomic mass is 16.4. The van der Waals surface area contributed by atoms with Crippen LogP contribution in [-0.4, -0.2) is 40.5 Å². The minimum Gasteiger partial charge on any atom is -0.478 e. The molecule has 1 heterocycles. The van der Waals surface area contributed by atoms with Gasteiger partial charge >= 0.3 is 5.97 Å². The highest BCUT2D eigenvalue weighted by Crippen LogP contribution is 2.20. The monoisotopic (exact) mass is 290 g/mol. The third-order valence-electron chi connectivity index (χ3n) is 3.59. The molecule has 0 saturated carbocycles. The van der Waals surface area contributed by atoms with Gasteiger partial charge in [-0.2, -0.15) is 0 Å². The van der Waals surface area contributed by atoms with Crippen molar-refractivity contribution in [1.82, 2.24) is 10.2 Å². The van der Waals surface area contributed by atoms with E-state index in [0.29, 0.717) is 19.6 Å². The van der Waals surface area contributed by atoms with Crippen LogP contribution in [0, 0.1) is 0 Å². The van der Waals surface area contributed by atoms with E-state index in [1.165, 1.54) is 0 Å². The lowest BCUT2D eigenvalue weighted by Crippen LogP contribution is -2.46. The second-order valence-corrected chi connectivity index (χ2v) is 6.46. The molecular formula is C16H22N2O3. The summed E-state index contributed by atoms with van der Waals surface area (Å²) in [5.41, 5.74) is 2.24. The van der Waals surface area contributed by atoms with Crippen LogP contribution in [-0.2, 0) is 17.8 Å². The summed E-state index contributed by atoms with van der Waals surface area (Å²) < 4.78 is 0. The van der Waals surface area contributed by atoms with E-state index in [1.807, 2.05) is 26.8 Å². The summed E-state index contributed by atoms with van der Waals surface area (Å²) in [6, 6.07) is 5.15. The van der Waals surface area contributed by atoms with Crippen molar-refractivity contribution >= 4 is 11.9 Å². The van der Waals surface area contributed by atoms with Crippen LogP contribution in [0.1, 0.15) is 42.3 Å². The van der Waals surface area contributed by atoms with Gasteiger partial charge in [-0.15, -0.1) is 0 Å². The zero-order chi connectivity index (χ0) is 15.6. The number of carboxylic acids is 1. The summed E-state index contributed by atoms with van der Waals surface area (Å²) >= 11 is 0. The molecule has 1 aliphatic rings. The van der Waals surface area contributed by atoms with E-state index in [2.05, 4.69) is 5.32 Å². The van der Waals surface area contributed by atoms with Crippen molar-refractivity contribution in [2.45, 2.75) is 39.3 Å². The van der Waals surface area contributed by atoms with E-state index in [-0.39, 0.29) is 17.0 Å². The Kier molecular flexibility index (Phi) is 4.32. The first-order valence-corrected chi connectivity index (χ1v) is 7.14. The number of fused-ring (bicyclic) bond motifs is 1. The Labute approximate surface area is 125 Å². The lowest BCUT2D eigenvalue weighted by Gasteiger charge is -2.30. The van der Waals surface area contributed by atoms with Gasteiger partial charge in [-0.1, -0.05) is 6.07 Å². The average Bonchev–Trinajstić information content (AvgIpc) is 2.42. The Balaban J connectivity index is 2.06. The first-order valence-electron chi connectivity index (χ1n) is 7.14. The van der Waals surface area contributed by atoms with Crippen LogP contribution < -0.4 is 5.32 Å². The third-order valence-corrected chi connectivity index (χ3v) is 3.59. The van der Waals surface area contributed by atoms with E-state index < -0.39 is 5.97 Å². The molecule has 0 atom stereocenters. The van der Waals surface area contributed by atoms with Crippen molar-refractivity contribution < 1.29 is 14.7 Å². The van der Waals surface area contributed by atoms with Crippen molar-refractivity contribution in [2.24, 2.45) is 0 Å². The number of hydrogen-bond donors (Lipinski definition) is 2. The molecule has 21 heavy (non-hydrogen) atoms. The molecule has 1 amide bonds. The quantitative estimate of drug-likeness (QED) is 0.888. The molecule has 0 aliphatic carbocycles. The van der Waals surface area contributed by atoms with Gasteiger partial charge in [0.25, 0.3) is 0 Å². The summed E-state index contributed by atoms with van der Waals surface area (Å²) in [5.74, 6) is -0.882. The minimum absolute atomic E-state index is 0.0521. The molecule has 114 valence electrons. The van der Waals surface area contributed by atoms with Crippen LogP contribution in [0.15, 0.2) is 18.2 Å². The van der Waals surface area contributed by atoms with Gasteiger partial charge in [0.1, 0.15) is 0 Å². The zero-order valence-electron chi connectivity index (χ0n) is 12.8. The first-order chi connectivity index (χ1) is 9.76. The molecular weight excluding hydrogens is 268 g/mol. The fourth-order valence-corrected chi connectivity index (χ4v) is 2.36. The summed E-state index contributed by atoms with van der Waals surface area (Å²) in [5, 5.41) is 12.2. The minimum atomic E-state index is -0.935. The van der Waals surface area contributed by atoms with Gasteiger partial charge in [-0.3, -0.25) is 4.79 Å². The van der Waals surface area contributed by atoms with Crippen molar-refractivity contribution in [2.75, 3.05) is 13.1 Å². The van der Waals surface area contributed by atoms with Crippen LogP contribution in [0.4, 0.5) is 0 Å². The maximum atomic E-state index is 12.2. The average molecular weight is 290 g/mol. The molecule has 1 aromatic carbocycles. The molecule has 0 unspecified atom stereocenters. The number of amides is 1. The molecule has 0 radical (unpaired) electrons. The Morgan fingerprint density at radius 1 is 1.29 bits per heavy atom. The molecule has 0 saturated heterocycles. The number of carbonyl (C=O) groups excluding carboxylic acids is 1. The second-order valence-electron chi connectivity index (χ2n) is 6.46. The van der Waals surface area contributed by atoms with Crippen molar-refractivity contribution in [3.63, 3.8) is 0 Å². The smallest absolute Gasteiger partial charge is 0.335 e. The van der Waals surface area contributed by atoms with Gasteiger partial charge in [-0.05, 0) is 50.5 Å². The number of carboxylic acid groups (broad SMARTS) is 1.